The fourth-order valence-corrected chi connectivity index (χ4v) is 2.04. The molecule has 90 valence electrons. The number of anilines is 1. The summed E-state index contributed by atoms with van der Waals surface area (Å²) >= 11 is 0. The molecule has 18 heavy (non-hydrogen) atoms. The predicted octanol–water partition coefficient (Wildman–Crippen LogP) is 2.58. The zero-order valence-corrected chi connectivity index (χ0v) is 10.2. The van der Waals surface area contributed by atoms with Crippen LogP contribution in [0.4, 0.5) is 5.69 Å². The summed E-state index contributed by atoms with van der Waals surface area (Å²) in [6, 6.07) is 10.2. The van der Waals surface area contributed by atoms with Crippen molar-refractivity contribution in [2.24, 2.45) is 7.05 Å². The lowest BCUT2D eigenvalue weighted by molar-refractivity contribution is 0.721. The number of nitrogens with one attached hydrogen (secondary N) is 1. The summed E-state index contributed by atoms with van der Waals surface area (Å²) in [5.74, 6) is 0. The second-order valence-electron chi connectivity index (χ2n) is 4.20. The van der Waals surface area contributed by atoms with Crippen molar-refractivity contribution in [3.05, 3.63) is 54.6 Å². The molecular formula is C14H14N4. The SMILES string of the molecule is Cn1nccc1CNc1cccc2cnccc12. The van der Waals surface area contributed by atoms with Gasteiger partial charge in [0.1, 0.15) is 0 Å². The molecule has 3 rings (SSSR count). The Morgan fingerprint density at radius 1 is 1.17 bits per heavy atom. The van der Waals surface area contributed by atoms with E-state index >= 15 is 0 Å². The first-order valence-electron chi connectivity index (χ1n) is 5.88. The second kappa shape index (κ2) is 4.49. The molecule has 0 aliphatic rings. The molecule has 1 N–H and O–H groups in total. The van der Waals surface area contributed by atoms with E-state index in [2.05, 4.69) is 27.5 Å². The minimum atomic E-state index is 0.762. The van der Waals surface area contributed by atoms with Crippen molar-refractivity contribution in [1.82, 2.24) is 14.8 Å². The lowest BCUT2D eigenvalue weighted by Gasteiger charge is -2.09. The van der Waals surface area contributed by atoms with E-state index in [-0.39, 0.29) is 0 Å². The number of fused-ring (bicyclic) bond motifs is 1. The first kappa shape index (κ1) is 10.8. The number of benzene rings is 1. The lowest BCUT2D eigenvalue weighted by atomic mass is 10.1. The molecule has 3 aromatic rings. The van der Waals surface area contributed by atoms with Crippen LogP contribution in [0, 0.1) is 0 Å². The van der Waals surface area contributed by atoms with Gasteiger partial charge in [0.25, 0.3) is 0 Å². The van der Waals surface area contributed by atoms with Gasteiger partial charge in [-0.05, 0) is 18.2 Å². The maximum atomic E-state index is 4.16. The number of hydrogen-bond donors (Lipinski definition) is 1. The van der Waals surface area contributed by atoms with Crippen molar-refractivity contribution in [2.45, 2.75) is 6.54 Å². The highest BCUT2D eigenvalue weighted by molar-refractivity contribution is 5.93. The van der Waals surface area contributed by atoms with Gasteiger partial charge in [-0.25, -0.2) is 0 Å². The van der Waals surface area contributed by atoms with Crippen LogP contribution in [0.3, 0.4) is 0 Å². The van der Waals surface area contributed by atoms with Gasteiger partial charge in [-0.3, -0.25) is 9.67 Å². The highest BCUT2D eigenvalue weighted by Crippen LogP contribution is 2.22. The molecular weight excluding hydrogens is 224 g/mol. The summed E-state index contributed by atoms with van der Waals surface area (Å²) in [7, 11) is 1.95. The van der Waals surface area contributed by atoms with E-state index in [1.54, 1.807) is 0 Å². The van der Waals surface area contributed by atoms with E-state index in [1.807, 2.05) is 48.5 Å². The van der Waals surface area contributed by atoms with Gasteiger partial charge in [-0.15, -0.1) is 0 Å². The average molecular weight is 238 g/mol. The summed E-state index contributed by atoms with van der Waals surface area (Å²) in [6.45, 7) is 0.762. The molecule has 1 aromatic carbocycles. The third-order valence-electron chi connectivity index (χ3n) is 3.06. The van der Waals surface area contributed by atoms with E-state index in [9.17, 15) is 0 Å². The van der Waals surface area contributed by atoms with Crippen molar-refractivity contribution in [2.75, 3.05) is 5.32 Å². The third-order valence-corrected chi connectivity index (χ3v) is 3.06. The van der Waals surface area contributed by atoms with Gasteiger partial charge in [0, 0.05) is 42.1 Å². The molecule has 0 aliphatic carbocycles. The first-order chi connectivity index (χ1) is 8.84. The van der Waals surface area contributed by atoms with Crippen LogP contribution in [0.25, 0.3) is 10.8 Å². The molecule has 0 spiro atoms. The zero-order chi connectivity index (χ0) is 12.4. The molecule has 0 aliphatic heterocycles. The highest BCUT2D eigenvalue weighted by atomic mass is 15.3. The van der Waals surface area contributed by atoms with Gasteiger partial charge >= 0.3 is 0 Å². The van der Waals surface area contributed by atoms with E-state index in [0.29, 0.717) is 0 Å². The maximum Gasteiger partial charge on any atom is 0.0571 e. The normalized spacial score (nSPS) is 10.7. The van der Waals surface area contributed by atoms with Gasteiger partial charge in [-0.1, -0.05) is 12.1 Å². The van der Waals surface area contributed by atoms with Crippen molar-refractivity contribution in [3.8, 4) is 0 Å². The number of rotatable bonds is 3. The molecule has 0 saturated heterocycles. The summed E-state index contributed by atoms with van der Waals surface area (Å²) in [6.07, 6.45) is 5.51. The standard InChI is InChI=1S/C14H14N4/c1-18-12(5-8-17-18)10-16-14-4-2-3-11-9-15-7-6-13(11)14/h2-9,16H,10H2,1H3. The Kier molecular flexibility index (Phi) is 2.68. The number of hydrogen-bond acceptors (Lipinski definition) is 3. The summed E-state index contributed by atoms with van der Waals surface area (Å²) < 4.78 is 1.87. The first-order valence-corrected chi connectivity index (χ1v) is 5.88. The molecule has 0 bridgehead atoms. The van der Waals surface area contributed by atoms with Gasteiger partial charge in [0.15, 0.2) is 0 Å². The quantitative estimate of drug-likeness (QED) is 0.762. The van der Waals surface area contributed by atoms with Crippen LogP contribution in [0.1, 0.15) is 5.69 Å². The van der Waals surface area contributed by atoms with Crippen LogP contribution in [0.15, 0.2) is 48.9 Å². The Bertz CT molecular complexity index is 667. The van der Waals surface area contributed by atoms with Crippen molar-refractivity contribution in [3.63, 3.8) is 0 Å². The fraction of sp³-hybridized carbons (Fsp3) is 0.143. The average Bonchev–Trinajstić information content (AvgIpc) is 2.82. The minimum Gasteiger partial charge on any atom is -0.379 e. The Balaban J connectivity index is 1.89. The summed E-state index contributed by atoms with van der Waals surface area (Å²) in [5, 5.41) is 9.94. The molecule has 0 fully saturated rings. The Hall–Kier alpha value is -2.36. The Labute approximate surface area is 105 Å². The topological polar surface area (TPSA) is 42.7 Å². The van der Waals surface area contributed by atoms with Crippen molar-refractivity contribution >= 4 is 16.5 Å². The largest absolute Gasteiger partial charge is 0.379 e. The predicted molar refractivity (Wildman–Crippen MR) is 72.3 cm³/mol. The number of aryl methyl sites for hydroxylation is 1. The molecule has 0 radical (unpaired) electrons. The monoisotopic (exact) mass is 238 g/mol. The van der Waals surface area contributed by atoms with E-state index in [4.69, 9.17) is 0 Å². The third kappa shape index (κ3) is 1.93. The number of aromatic nitrogens is 3. The molecule has 0 saturated carbocycles. The molecule has 0 atom stereocenters. The van der Waals surface area contributed by atoms with Crippen LogP contribution in [-0.4, -0.2) is 14.8 Å². The summed E-state index contributed by atoms with van der Waals surface area (Å²) in [5.41, 5.74) is 2.28. The van der Waals surface area contributed by atoms with E-state index in [0.717, 1.165) is 23.3 Å². The molecule has 0 unspecified atom stereocenters. The second-order valence-corrected chi connectivity index (χ2v) is 4.20. The maximum absolute atomic E-state index is 4.16. The highest BCUT2D eigenvalue weighted by Gasteiger charge is 2.02. The van der Waals surface area contributed by atoms with Crippen LogP contribution in [0.5, 0.6) is 0 Å². The van der Waals surface area contributed by atoms with Crippen LogP contribution >= 0.6 is 0 Å². The number of pyridine rings is 1. The molecule has 0 amide bonds. The summed E-state index contributed by atoms with van der Waals surface area (Å²) in [4.78, 5) is 4.14. The zero-order valence-electron chi connectivity index (χ0n) is 10.2. The van der Waals surface area contributed by atoms with Gasteiger partial charge in [0.2, 0.25) is 0 Å². The molecule has 2 aromatic heterocycles. The van der Waals surface area contributed by atoms with Crippen molar-refractivity contribution < 1.29 is 0 Å². The van der Waals surface area contributed by atoms with Gasteiger partial charge in [-0.2, -0.15) is 5.10 Å². The molecule has 4 heteroatoms. The minimum absolute atomic E-state index is 0.762. The van der Waals surface area contributed by atoms with Crippen LogP contribution < -0.4 is 5.32 Å². The number of nitrogens with zero attached hydrogens (tertiary/aromatic N) is 3. The van der Waals surface area contributed by atoms with Gasteiger partial charge < -0.3 is 5.32 Å². The van der Waals surface area contributed by atoms with Crippen molar-refractivity contribution in [1.29, 1.82) is 0 Å². The van der Waals surface area contributed by atoms with E-state index < -0.39 is 0 Å². The lowest BCUT2D eigenvalue weighted by Crippen LogP contribution is -2.05. The Morgan fingerprint density at radius 2 is 2.11 bits per heavy atom. The fourth-order valence-electron chi connectivity index (χ4n) is 2.04. The Morgan fingerprint density at radius 3 is 2.94 bits per heavy atom. The smallest absolute Gasteiger partial charge is 0.0571 e. The molecule has 4 nitrogen and oxygen atoms in total. The van der Waals surface area contributed by atoms with Gasteiger partial charge in [0.05, 0.1) is 12.2 Å². The van der Waals surface area contributed by atoms with Crippen LogP contribution in [0.2, 0.25) is 0 Å². The van der Waals surface area contributed by atoms with Crippen LogP contribution in [-0.2, 0) is 13.6 Å². The molecule has 2 heterocycles. The van der Waals surface area contributed by atoms with E-state index in [1.165, 1.54) is 5.39 Å².